The lowest BCUT2D eigenvalue weighted by Gasteiger charge is -2.37. The van der Waals surface area contributed by atoms with Crippen LogP contribution in [0.2, 0.25) is 0 Å². The van der Waals surface area contributed by atoms with Crippen LogP contribution in [0.3, 0.4) is 0 Å². The van der Waals surface area contributed by atoms with Crippen LogP contribution in [0.15, 0.2) is 54.6 Å². The minimum atomic E-state index is -4.41. The van der Waals surface area contributed by atoms with Crippen LogP contribution >= 0.6 is 0 Å². The first-order chi connectivity index (χ1) is 12.4. The zero-order valence-corrected chi connectivity index (χ0v) is 14.7. The van der Waals surface area contributed by atoms with E-state index in [1.165, 1.54) is 6.07 Å². The Morgan fingerprint density at radius 1 is 0.962 bits per heavy atom. The normalized spacial score (nSPS) is 21.8. The lowest BCUT2D eigenvalue weighted by molar-refractivity contribution is -0.137. The fraction of sp³-hybridized carbons (Fsp3) is 0.381. The van der Waals surface area contributed by atoms with Crippen molar-refractivity contribution in [2.75, 3.05) is 19.6 Å². The van der Waals surface area contributed by atoms with Crippen molar-refractivity contribution in [3.63, 3.8) is 0 Å². The van der Waals surface area contributed by atoms with Crippen molar-refractivity contribution in [2.45, 2.75) is 31.4 Å². The molecule has 0 aromatic heterocycles. The summed E-state index contributed by atoms with van der Waals surface area (Å²) in [5.41, 5.74) is 0.675. The Bertz CT molecular complexity index is 757. The smallest absolute Gasteiger partial charge is 0.301 e. The van der Waals surface area contributed by atoms with Gasteiger partial charge in [0, 0.05) is 13.1 Å². The average molecular weight is 361 g/mol. The fourth-order valence-electron chi connectivity index (χ4n) is 3.67. The third-order valence-corrected chi connectivity index (χ3v) is 4.93. The van der Waals surface area contributed by atoms with Crippen LogP contribution in [0.1, 0.15) is 41.9 Å². The van der Waals surface area contributed by atoms with Crippen molar-refractivity contribution in [2.24, 2.45) is 0 Å². The molecule has 2 atom stereocenters. The molecule has 0 amide bonds. The first-order valence-corrected chi connectivity index (χ1v) is 8.88. The monoisotopic (exact) mass is 361 g/mol. The summed E-state index contributed by atoms with van der Waals surface area (Å²) in [6.07, 6.45) is -3.47. The average Bonchev–Trinajstić information content (AvgIpc) is 2.63. The van der Waals surface area contributed by atoms with Gasteiger partial charge in [-0.3, -0.25) is 4.79 Å². The molecule has 5 heteroatoms. The van der Waals surface area contributed by atoms with Gasteiger partial charge < -0.3 is 4.90 Å². The van der Waals surface area contributed by atoms with Gasteiger partial charge in [-0.05, 0) is 30.2 Å². The van der Waals surface area contributed by atoms with E-state index in [4.69, 9.17) is 0 Å². The first kappa shape index (κ1) is 18.6. The Kier molecular flexibility index (Phi) is 5.47. The summed E-state index contributed by atoms with van der Waals surface area (Å²) in [5, 5.41) is 0. The highest BCUT2D eigenvalue weighted by atomic mass is 19.4. The summed E-state index contributed by atoms with van der Waals surface area (Å²) < 4.78 is 39.2. The summed E-state index contributed by atoms with van der Waals surface area (Å²) >= 11 is 0. The number of carbonyl (C=O) groups excluding carboxylic acids is 1. The molecule has 2 aromatic rings. The largest absolute Gasteiger partial charge is 0.416 e. The molecule has 2 nitrogen and oxygen atoms in total. The molecule has 0 radical (unpaired) electrons. The van der Waals surface area contributed by atoms with Gasteiger partial charge in [-0.25, -0.2) is 0 Å². The van der Waals surface area contributed by atoms with Crippen molar-refractivity contribution < 1.29 is 18.0 Å². The summed E-state index contributed by atoms with van der Waals surface area (Å²) in [4.78, 5) is 15.3. The van der Waals surface area contributed by atoms with Gasteiger partial charge >= 0.3 is 6.18 Å². The second-order valence-electron chi connectivity index (χ2n) is 6.80. The van der Waals surface area contributed by atoms with Crippen LogP contribution in [-0.2, 0) is 11.0 Å². The molecular weight excluding hydrogens is 339 g/mol. The highest BCUT2D eigenvalue weighted by Crippen LogP contribution is 2.36. The highest BCUT2D eigenvalue weighted by Gasteiger charge is 2.38. The number of nitrogens with zero attached hydrogens (tertiary/aromatic N) is 1. The van der Waals surface area contributed by atoms with Gasteiger partial charge in [0.05, 0.1) is 17.4 Å². The topological polar surface area (TPSA) is 20.3 Å². The molecule has 0 bridgehead atoms. The maximum atomic E-state index is 13.1. The number of rotatable bonds is 4. The van der Waals surface area contributed by atoms with Crippen LogP contribution in [0.25, 0.3) is 0 Å². The zero-order chi connectivity index (χ0) is 18.7. The van der Waals surface area contributed by atoms with Crippen molar-refractivity contribution >= 4 is 5.78 Å². The van der Waals surface area contributed by atoms with E-state index in [2.05, 4.69) is 11.8 Å². The molecule has 138 valence electrons. The van der Waals surface area contributed by atoms with Gasteiger partial charge in [-0.15, -0.1) is 0 Å². The molecule has 2 aromatic carbocycles. The predicted molar refractivity (Wildman–Crippen MR) is 95.1 cm³/mol. The van der Waals surface area contributed by atoms with Crippen LogP contribution in [-0.4, -0.2) is 30.3 Å². The number of alkyl halides is 3. The summed E-state index contributed by atoms with van der Waals surface area (Å²) in [6.45, 7) is 3.97. The molecule has 1 heterocycles. The summed E-state index contributed by atoms with van der Waals surface area (Å²) in [7, 11) is 0. The Morgan fingerprint density at radius 3 is 2.19 bits per heavy atom. The van der Waals surface area contributed by atoms with E-state index in [1.807, 2.05) is 30.3 Å². The van der Waals surface area contributed by atoms with Gasteiger partial charge in [-0.2, -0.15) is 13.2 Å². The van der Waals surface area contributed by atoms with E-state index in [1.54, 1.807) is 6.07 Å². The molecule has 0 saturated carbocycles. The fourth-order valence-corrected chi connectivity index (χ4v) is 3.67. The number of ketones is 1. The minimum Gasteiger partial charge on any atom is -0.301 e. The Hall–Kier alpha value is -2.14. The molecular formula is C21H22F3NO. The van der Waals surface area contributed by atoms with Crippen molar-refractivity contribution in [1.82, 2.24) is 4.90 Å². The number of likely N-dealkylation sites (tertiary alicyclic amines) is 1. The standard InChI is InChI=1S/C21H22F3NO/c1-2-11-25-13-18(15-7-4-3-5-8-15)20(26)19(14-25)16-9-6-10-17(12-16)21(22,23)24/h3-10,12,18-19H,2,11,13-14H2,1H3. The van der Waals surface area contributed by atoms with Gasteiger partial charge in [0.15, 0.2) is 0 Å². The number of Topliss-reactive ketones (excluding diaryl/α,β-unsaturated/α-hetero) is 1. The maximum Gasteiger partial charge on any atom is 0.416 e. The van der Waals surface area contributed by atoms with Crippen LogP contribution < -0.4 is 0 Å². The van der Waals surface area contributed by atoms with Gasteiger partial charge in [0.1, 0.15) is 5.78 Å². The lowest BCUT2D eigenvalue weighted by Crippen LogP contribution is -2.44. The van der Waals surface area contributed by atoms with Gasteiger partial charge in [-0.1, -0.05) is 55.5 Å². The number of piperidine rings is 1. The molecule has 3 rings (SSSR count). The number of halogens is 3. The van der Waals surface area contributed by atoms with E-state index in [9.17, 15) is 18.0 Å². The van der Waals surface area contributed by atoms with Gasteiger partial charge in [0.2, 0.25) is 0 Å². The Morgan fingerprint density at radius 2 is 1.58 bits per heavy atom. The Labute approximate surface area is 151 Å². The quantitative estimate of drug-likeness (QED) is 0.775. The van der Waals surface area contributed by atoms with Crippen LogP contribution in [0.5, 0.6) is 0 Å². The van der Waals surface area contributed by atoms with E-state index >= 15 is 0 Å². The second-order valence-corrected chi connectivity index (χ2v) is 6.80. The highest BCUT2D eigenvalue weighted by molar-refractivity contribution is 5.93. The van der Waals surface area contributed by atoms with E-state index < -0.39 is 17.7 Å². The third-order valence-electron chi connectivity index (χ3n) is 4.93. The van der Waals surface area contributed by atoms with Crippen molar-refractivity contribution in [3.05, 3.63) is 71.3 Å². The Balaban J connectivity index is 1.96. The molecule has 0 aliphatic carbocycles. The molecule has 1 aliphatic rings. The van der Waals surface area contributed by atoms with E-state index in [0.717, 1.165) is 30.7 Å². The lowest BCUT2D eigenvalue weighted by atomic mass is 9.79. The van der Waals surface area contributed by atoms with Crippen LogP contribution in [0, 0.1) is 0 Å². The van der Waals surface area contributed by atoms with Gasteiger partial charge in [0.25, 0.3) is 0 Å². The number of carbonyl (C=O) groups is 1. The maximum absolute atomic E-state index is 13.1. The summed E-state index contributed by atoms with van der Waals surface area (Å²) in [6, 6.07) is 14.7. The predicted octanol–water partition coefficient (Wildman–Crippen LogP) is 4.87. The van der Waals surface area contributed by atoms with Crippen molar-refractivity contribution in [3.8, 4) is 0 Å². The molecule has 1 aliphatic heterocycles. The minimum absolute atomic E-state index is 0.00266. The van der Waals surface area contributed by atoms with E-state index in [-0.39, 0.29) is 11.7 Å². The number of benzene rings is 2. The molecule has 0 spiro atoms. The second kappa shape index (κ2) is 7.62. The molecule has 26 heavy (non-hydrogen) atoms. The van der Waals surface area contributed by atoms with Crippen LogP contribution in [0.4, 0.5) is 13.2 Å². The first-order valence-electron chi connectivity index (χ1n) is 8.88. The SMILES string of the molecule is CCCN1CC(c2ccccc2)C(=O)C(c2cccc(C(F)(F)F)c2)C1. The number of hydrogen-bond donors (Lipinski definition) is 0. The third kappa shape index (κ3) is 3.98. The molecule has 1 saturated heterocycles. The molecule has 2 unspecified atom stereocenters. The molecule has 0 N–H and O–H groups in total. The summed E-state index contributed by atoms with van der Waals surface area (Å²) in [5.74, 6) is -0.846. The zero-order valence-electron chi connectivity index (χ0n) is 14.7. The van der Waals surface area contributed by atoms with Crippen molar-refractivity contribution in [1.29, 1.82) is 0 Å². The van der Waals surface area contributed by atoms with E-state index in [0.29, 0.717) is 18.7 Å². The number of hydrogen-bond acceptors (Lipinski definition) is 2. The molecule has 1 fully saturated rings.